The molecule has 1 heterocycles. The molecule has 0 amide bonds. The molecule has 0 radical (unpaired) electrons. The maximum Gasteiger partial charge on any atom is 0.242 e. The minimum Gasteiger partial charge on any atom is -0.384 e. The molecule has 1 aromatic carbocycles. The molecule has 1 aliphatic heterocycles. The molecule has 2 rings (SSSR count). The number of hydrogen-bond acceptors (Lipinski definition) is 4. The van der Waals surface area contributed by atoms with Gasteiger partial charge in [0.2, 0.25) is 10.0 Å². The Morgan fingerprint density at radius 3 is 2.85 bits per heavy atom. The molecule has 0 saturated carbocycles. The molecule has 112 valence electrons. The summed E-state index contributed by atoms with van der Waals surface area (Å²) in [4.78, 5) is 0.310. The fraction of sp³-hybridized carbons (Fsp3) is 0.571. The van der Waals surface area contributed by atoms with Crippen molar-refractivity contribution in [3.8, 4) is 0 Å². The van der Waals surface area contributed by atoms with E-state index >= 15 is 0 Å². The molecule has 1 aliphatic rings. The Morgan fingerprint density at radius 2 is 2.15 bits per heavy atom. The van der Waals surface area contributed by atoms with Crippen LogP contribution in [-0.2, 0) is 10.0 Å². The summed E-state index contributed by atoms with van der Waals surface area (Å²) in [5.74, 6) is 0.685. The standard InChI is InChI=1S/C14H23N3O2S/c1-15-20(18,19)14-7-3-2-6-13(14)17-10-8-12-5-4-9-16-11-12/h2-3,6-7,12,15-17H,4-5,8-11H2,1H3. The molecule has 0 aromatic heterocycles. The minimum atomic E-state index is -3.41. The Hall–Kier alpha value is -1.11. The van der Waals surface area contributed by atoms with Gasteiger partial charge in [-0.2, -0.15) is 0 Å². The van der Waals surface area contributed by atoms with E-state index < -0.39 is 10.0 Å². The predicted octanol–water partition coefficient (Wildman–Crippen LogP) is 1.40. The normalized spacial score (nSPS) is 19.8. The minimum absolute atomic E-state index is 0.310. The second kappa shape index (κ2) is 7.06. The molecular weight excluding hydrogens is 274 g/mol. The fourth-order valence-electron chi connectivity index (χ4n) is 2.54. The van der Waals surface area contributed by atoms with Crippen LogP contribution in [0.3, 0.4) is 0 Å². The SMILES string of the molecule is CNS(=O)(=O)c1ccccc1NCCC1CCCNC1. The number of nitrogens with one attached hydrogen (secondary N) is 3. The second-order valence-corrected chi connectivity index (χ2v) is 6.99. The van der Waals surface area contributed by atoms with E-state index in [2.05, 4.69) is 15.4 Å². The molecule has 6 heteroatoms. The highest BCUT2D eigenvalue weighted by Crippen LogP contribution is 2.21. The van der Waals surface area contributed by atoms with Gasteiger partial charge in [-0.3, -0.25) is 0 Å². The third-order valence-electron chi connectivity index (χ3n) is 3.71. The van der Waals surface area contributed by atoms with Gasteiger partial charge in [0.1, 0.15) is 4.90 Å². The van der Waals surface area contributed by atoms with Crippen molar-refractivity contribution in [1.82, 2.24) is 10.0 Å². The molecule has 1 atom stereocenters. The lowest BCUT2D eigenvalue weighted by atomic mass is 9.96. The number of benzene rings is 1. The maximum atomic E-state index is 11.9. The van der Waals surface area contributed by atoms with Crippen LogP contribution in [0, 0.1) is 5.92 Å². The van der Waals surface area contributed by atoms with Crippen molar-refractivity contribution < 1.29 is 8.42 Å². The van der Waals surface area contributed by atoms with Crippen molar-refractivity contribution in [3.63, 3.8) is 0 Å². The Morgan fingerprint density at radius 1 is 1.35 bits per heavy atom. The van der Waals surface area contributed by atoms with E-state index in [1.165, 1.54) is 19.9 Å². The molecule has 1 saturated heterocycles. The van der Waals surface area contributed by atoms with Gasteiger partial charge in [0, 0.05) is 6.54 Å². The third-order valence-corrected chi connectivity index (χ3v) is 5.18. The topological polar surface area (TPSA) is 70.2 Å². The molecule has 5 nitrogen and oxygen atoms in total. The third kappa shape index (κ3) is 3.94. The Bertz CT molecular complexity index is 525. The summed E-state index contributed by atoms with van der Waals surface area (Å²) in [6, 6.07) is 7.01. The number of piperidine rings is 1. The van der Waals surface area contributed by atoms with E-state index in [-0.39, 0.29) is 0 Å². The fourth-order valence-corrected chi connectivity index (χ4v) is 3.45. The summed E-state index contributed by atoms with van der Waals surface area (Å²) in [5, 5.41) is 6.65. The summed E-state index contributed by atoms with van der Waals surface area (Å²) in [7, 11) is -1.98. The quantitative estimate of drug-likeness (QED) is 0.742. The van der Waals surface area contributed by atoms with Gasteiger partial charge in [-0.15, -0.1) is 0 Å². The zero-order chi connectivity index (χ0) is 14.4. The summed E-state index contributed by atoms with van der Waals surface area (Å²) in [6.07, 6.45) is 3.54. The number of hydrogen-bond donors (Lipinski definition) is 3. The second-order valence-electron chi connectivity index (χ2n) is 5.13. The highest BCUT2D eigenvalue weighted by atomic mass is 32.2. The Kier molecular flexibility index (Phi) is 5.39. The summed E-state index contributed by atoms with van der Waals surface area (Å²) >= 11 is 0. The van der Waals surface area contributed by atoms with Gasteiger partial charge >= 0.3 is 0 Å². The molecular formula is C14H23N3O2S. The van der Waals surface area contributed by atoms with E-state index in [0.717, 1.165) is 26.1 Å². The van der Waals surface area contributed by atoms with Crippen LogP contribution in [0.15, 0.2) is 29.2 Å². The monoisotopic (exact) mass is 297 g/mol. The van der Waals surface area contributed by atoms with Crippen molar-refractivity contribution in [2.75, 3.05) is 32.0 Å². The Labute approximate surface area is 121 Å². The predicted molar refractivity (Wildman–Crippen MR) is 81.4 cm³/mol. The summed E-state index contributed by atoms with van der Waals surface area (Å²) in [6.45, 7) is 2.98. The molecule has 0 aliphatic carbocycles. The van der Waals surface area contributed by atoms with Crippen LogP contribution in [0.5, 0.6) is 0 Å². The first kappa shape index (κ1) is 15.3. The van der Waals surface area contributed by atoms with Crippen molar-refractivity contribution in [1.29, 1.82) is 0 Å². The van der Waals surface area contributed by atoms with Crippen molar-refractivity contribution in [2.24, 2.45) is 5.92 Å². The number of rotatable bonds is 6. The Balaban J connectivity index is 1.95. The molecule has 1 fully saturated rings. The van der Waals surface area contributed by atoms with Gasteiger partial charge in [-0.05, 0) is 57.5 Å². The van der Waals surface area contributed by atoms with Gasteiger partial charge in [-0.1, -0.05) is 12.1 Å². The molecule has 0 spiro atoms. The van der Waals surface area contributed by atoms with Gasteiger partial charge < -0.3 is 10.6 Å². The summed E-state index contributed by atoms with van der Waals surface area (Å²) < 4.78 is 26.2. The van der Waals surface area contributed by atoms with Crippen molar-refractivity contribution in [3.05, 3.63) is 24.3 Å². The summed E-state index contributed by atoms with van der Waals surface area (Å²) in [5.41, 5.74) is 0.672. The van der Waals surface area contributed by atoms with E-state index in [4.69, 9.17) is 0 Å². The highest BCUT2D eigenvalue weighted by molar-refractivity contribution is 7.89. The van der Waals surface area contributed by atoms with Crippen LogP contribution < -0.4 is 15.4 Å². The molecule has 3 N–H and O–H groups in total. The zero-order valence-electron chi connectivity index (χ0n) is 11.9. The first-order valence-corrected chi connectivity index (χ1v) is 8.59. The maximum absolute atomic E-state index is 11.9. The van der Waals surface area contributed by atoms with Gasteiger partial charge in [0.05, 0.1) is 5.69 Å². The smallest absolute Gasteiger partial charge is 0.242 e. The van der Waals surface area contributed by atoms with Gasteiger partial charge in [0.15, 0.2) is 0 Å². The van der Waals surface area contributed by atoms with Crippen LogP contribution in [0.25, 0.3) is 0 Å². The molecule has 1 aromatic rings. The van der Waals surface area contributed by atoms with Crippen molar-refractivity contribution in [2.45, 2.75) is 24.2 Å². The lowest BCUT2D eigenvalue weighted by Crippen LogP contribution is -2.30. The van der Waals surface area contributed by atoms with Crippen LogP contribution in [-0.4, -0.2) is 35.1 Å². The largest absolute Gasteiger partial charge is 0.384 e. The first-order chi connectivity index (χ1) is 9.63. The van der Waals surface area contributed by atoms with Crippen LogP contribution in [0.2, 0.25) is 0 Å². The first-order valence-electron chi connectivity index (χ1n) is 7.10. The van der Waals surface area contributed by atoms with E-state index in [1.54, 1.807) is 12.1 Å². The zero-order valence-corrected chi connectivity index (χ0v) is 12.7. The lowest BCUT2D eigenvalue weighted by molar-refractivity contribution is 0.364. The van der Waals surface area contributed by atoms with Gasteiger partial charge in [0.25, 0.3) is 0 Å². The molecule has 0 bridgehead atoms. The van der Waals surface area contributed by atoms with E-state index in [1.807, 2.05) is 12.1 Å². The van der Waals surface area contributed by atoms with Gasteiger partial charge in [-0.25, -0.2) is 13.1 Å². The number of sulfonamides is 1. The van der Waals surface area contributed by atoms with Crippen LogP contribution >= 0.6 is 0 Å². The van der Waals surface area contributed by atoms with Crippen molar-refractivity contribution >= 4 is 15.7 Å². The lowest BCUT2D eigenvalue weighted by Gasteiger charge is -2.23. The van der Waals surface area contributed by atoms with E-state index in [9.17, 15) is 8.42 Å². The average Bonchev–Trinajstić information content (AvgIpc) is 2.49. The van der Waals surface area contributed by atoms with Crippen LogP contribution in [0.1, 0.15) is 19.3 Å². The van der Waals surface area contributed by atoms with Crippen LogP contribution in [0.4, 0.5) is 5.69 Å². The highest BCUT2D eigenvalue weighted by Gasteiger charge is 2.16. The van der Waals surface area contributed by atoms with E-state index in [0.29, 0.717) is 16.5 Å². The molecule has 1 unspecified atom stereocenters. The molecule has 20 heavy (non-hydrogen) atoms. The number of para-hydroxylation sites is 1. The average molecular weight is 297 g/mol. The number of anilines is 1.